The molecule has 0 aromatic heterocycles. The average molecular weight is 307 g/mol. The fraction of sp³-hybridized carbons (Fsp3) is 0.300. The molecule has 19 heavy (non-hydrogen) atoms. The molecule has 0 saturated carbocycles. The monoisotopic (exact) mass is 307 g/mol. The van der Waals surface area contributed by atoms with Gasteiger partial charge in [-0.1, -0.05) is 6.07 Å². The molecule has 0 spiro atoms. The Labute approximate surface area is 110 Å². The Hall–Kier alpha value is -1.45. The molecule has 0 aliphatic carbocycles. The van der Waals surface area contributed by atoms with Gasteiger partial charge in [0.05, 0.1) is 9.79 Å². The van der Waals surface area contributed by atoms with Gasteiger partial charge in [0.15, 0.2) is 19.7 Å². The molecule has 0 aliphatic heterocycles. The predicted octanol–water partition coefficient (Wildman–Crippen LogP) is -0.422. The van der Waals surface area contributed by atoms with E-state index in [0.717, 1.165) is 24.6 Å². The summed E-state index contributed by atoms with van der Waals surface area (Å²) in [5.41, 5.74) is 5.38. The van der Waals surface area contributed by atoms with E-state index in [2.05, 4.69) is 0 Å². The third-order valence-electron chi connectivity index (χ3n) is 2.39. The molecular formula is C10H13NO6S2. The lowest BCUT2D eigenvalue weighted by Crippen LogP contribution is -2.21. The summed E-state index contributed by atoms with van der Waals surface area (Å²) in [4.78, 5) is 9.92. The first-order chi connectivity index (χ1) is 8.44. The van der Waals surface area contributed by atoms with Crippen LogP contribution in [0.3, 0.4) is 0 Å². The van der Waals surface area contributed by atoms with Crippen LogP contribution in [0, 0.1) is 0 Å². The van der Waals surface area contributed by atoms with Crippen LogP contribution in [-0.2, 0) is 24.5 Å². The molecule has 1 atom stereocenters. The van der Waals surface area contributed by atoms with Gasteiger partial charge in [-0.3, -0.25) is 4.79 Å². The molecule has 1 unspecified atom stereocenters. The highest BCUT2D eigenvalue weighted by Crippen LogP contribution is 2.24. The lowest BCUT2D eigenvalue weighted by molar-refractivity contribution is -0.138. The maximum Gasteiger partial charge on any atom is 0.325 e. The van der Waals surface area contributed by atoms with Crippen LogP contribution in [0.4, 0.5) is 0 Å². The summed E-state index contributed by atoms with van der Waals surface area (Å²) in [6.45, 7) is 0. The van der Waals surface area contributed by atoms with Crippen LogP contribution in [0.5, 0.6) is 0 Å². The molecule has 0 heterocycles. The molecule has 1 aromatic carbocycles. The number of aliphatic carboxylic acids is 1. The zero-order valence-electron chi connectivity index (χ0n) is 10.2. The van der Waals surface area contributed by atoms with Gasteiger partial charge in [0.25, 0.3) is 0 Å². The number of hydrogen-bond donors (Lipinski definition) is 2. The fourth-order valence-electron chi connectivity index (χ4n) is 1.46. The molecule has 0 bridgehead atoms. The summed E-state index contributed by atoms with van der Waals surface area (Å²) < 4.78 is 46.2. The zero-order valence-corrected chi connectivity index (χ0v) is 11.8. The summed E-state index contributed by atoms with van der Waals surface area (Å²) in [7, 11) is -7.57. The van der Waals surface area contributed by atoms with E-state index >= 15 is 0 Å². The average Bonchev–Trinajstić information content (AvgIpc) is 2.24. The van der Waals surface area contributed by atoms with Crippen LogP contribution in [0.2, 0.25) is 0 Å². The van der Waals surface area contributed by atoms with Crippen molar-refractivity contribution in [2.24, 2.45) is 5.73 Å². The Morgan fingerprint density at radius 3 is 1.95 bits per heavy atom. The number of hydrogen-bond acceptors (Lipinski definition) is 6. The standard InChI is InChI=1S/C10H13NO6S2/c1-18(14,15)7-4-3-6(9(11)10(12)13)5-8(7)19(2,16)17/h3-5,9H,11H2,1-2H3,(H,12,13). The summed E-state index contributed by atoms with van der Waals surface area (Å²) in [6, 6.07) is 1.78. The Morgan fingerprint density at radius 2 is 1.58 bits per heavy atom. The topological polar surface area (TPSA) is 132 Å². The predicted molar refractivity (Wildman–Crippen MR) is 67.2 cm³/mol. The molecule has 9 heteroatoms. The number of carbonyl (C=O) groups is 1. The largest absolute Gasteiger partial charge is 0.480 e. The lowest BCUT2D eigenvalue weighted by atomic mass is 10.1. The Bertz CT molecular complexity index is 720. The van der Waals surface area contributed by atoms with Gasteiger partial charge >= 0.3 is 5.97 Å². The molecule has 0 saturated heterocycles. The second-order valence-electron chi connectivity index (χ2n) is 4.07. The highest BCUT2D eigenvalue weighted by molar-refractivity contribution is 7.93. The van der Waals surface area contributed by atoms with Crippen molar-refractivity contribution in [2.75, 3.05) is 12.5 Å². The Kier molecular flexibility index (Phi) is 4.03. The second kappa shape index (κ2) is 4.91. The third kappa shape index (κ3) is 3.52. The number of carboxylic acid groups (broad SMARTS) is 1. The number of benzene rings is 1. The smallest absolute Gasteiger partial charge is 0.325 e. The first-order valence-corrected chi connectivity index (χ1v) is 8.75. The van der Waals surface area contributed by atoms with Crippen molar-refractivity contribution in [1.82, 2.24) is 0 Å². The van der Waals surface area contributed by atoms with E-state index in [1.807, 2.05) is 0 Å². The van der Waals surface area contributed by atoms with E-state index in [9.17, 15) is 21.6 Å². The van der Waals surface area contributed by atoms with Gasteiger partial charge in [0.2, 0.25) is 0 Å². The van der Waals surface area contributed by atoms with Crippen LogP contribution in [0.15, 0.2) is 28.0 Å². The molecule has 3 N–H and O–H groups in total. The van der Waals surface area contributed by atoms with E-state index in [4.69, 9.17) is 10.8 Å². The van der Waals surface area contributed by atoms with E-state index in [1.54, 1.807) is 0 Å². The molecule has 0 fully saturated rings. The van der Waals surface area contributed by atoms with Gasteiger partial charge in [-0.05, 0) is 17.7 Å². The van der Waals surface area contributed by atoms with Crippen LogP contribution < -0.4 is 5.73 Å². The van der Waals surface area contributed by atoms with Crippen molar-refractivity contribution in [3.05, 3.63) is 23.8 Å². The van der Waals surface area contributed by atoms with Crippen molar-refractivity contribution in [3.63, 3.8) is 0 Å². The molecule has 1 aromatic rings. The molecule has 0 aliphatic rings. The minimum absolute atomic E-state index is 0.0142. The van der Waals surface area contributed by atoms with E-state index < -0.39 is 36.6 Å². The summed E-state index contributed by atoms with van der Waals surface area (Å²) in [5.74, 6) is -1.34. The van der Waals surface area contributed by atoms with Gasteiger partial charge in [0.1, 0.15) is 6.04 Å². The summed E-state index contributed by atoms with van der Waals surface area (Å²) >= 11 is 0. The molecule has 106 valence electrons. The highest BCUT2D eigenvalue weighted by atomic mass is 32.2. The maximum atomic E-state index is 11.6. The normalized spacial score (nSPS) is 14.1. The Morgan fingerprint density at radius 1 is 1.11 bits per heavy atom. The van der Waals surface area contributed by atoms with Crippen LogP contribution in [-0.4, -0.2) is 40.4 Å². The van der Waals surface area contributed by atoms with E-state index in [1.165, 1.54) is 6.07 Å². The van der Waals surface area contributed by atoms with Crippen molar-refractivity contribution >= 4 is 25.6 Å². The highest BCUT2D eigenvalue weighted by Gasteiger charge is 2.23. The molecule has 1 rings (SSSR count). The Balaban J connectivity index is 3.63. The minimum atomic E-state index is -3.83. The second-order valence-corrected chi connectivity index (χ2v) is 8.03. The lowest BCUT2D eigenvalue weighted by Gasteiger charge is -2.11. The minimum Gasteiger partial charge on any atom is -0.480 e. The number of carboxylic acids is 1. The van der Waals surface area contributed by atoms with E-state index in [0.29, 0.717) is 0 Å². The van der Waals surface area contributed by atoms with Crippen LogP contribution in [0.25, 0.3) is 0 Å². The zero-order chi connectivity index (χ0) is 15.0. The number of sulfone groups is 2. The van der Waals surface area contributed by atoms with Gasteiger partial charge in [-0.25, -0.2) is 16.8 Å². The van der Waals surface area contributed by atoms with Crippen LogP contribution in [0.1, 0.15) is 11.6 Å². The molecule has 0 amide bonds. The van der Waals surface area contributed by atoms with Crippen LogP contribution >= 0.6 is 0 Å². The van der Waals surface area contributed by atoms with Gasteiger partial charge in [-0.15, -0.1) is 0 Å². The van der Waals surface area contributed by atoms with Crippen molar-refractivity contribution in [3.8, 4) is 0 Å². The van der Waals surface area contributed by atoms with Crippen molar-refractivity contribution in [1.29, 1.82) is 0 Å². The maximum absolute atomic E-state index is 11.6. The molecular weight excluding hydrogens is 294 g/mol. The number of rotatable bonds is 4. The first kappa shape index (κ1) is 15.6. The van der Waals surface area contributed by atoms with Crippen molar-refractivity contribution < 1.29 is 26.7 Å². The number of nitrogens with two attached hydrogens (primary N) is 1. The van der Waals surface area contributed by atoms with Gasteiger partial charge in [-0.2, -0.15) is 0 Å². The van der Waals surface area contributed by atoms with Crippen molar-refractivity contribution in [2.45, 2.75) is 15.8 Å². The first-order valence-electron chi connectivity index (χ1n) is 4.97. The molecule has 7 nitrogen and oxygen atoms in total. The summed E-state index contributed by atoms with van der Waals surface area (Å²) in [5, 5.41) is 8.77. The third-order valence-corrected chi connectivity index (χ3v) is 4.81. The van der Waals surface area contributed by atoms with Gasteiger partial charge < -0.3 is 10.8 Å². The fourth-order valence-corrected chi connectivity index (χ4v) is 3.89. The van der Waals surface area contributed by atoms with Gasteiger partial charge in [0, 0.05) is 12.5 Å². The molecule has 0 radical (unpaired) electrons. The quantitative estimate of drug-likeness (QED) is 0.772. The van der Waals surface area contributed by atoms with E-state index in [-0.39, 0.29) is 10.5 Å². The SMILES string of the molecule is CS(=O)(=O)c1ccc(C(N)C(=O)O)cc1S(C)(=O)=O. The summed E-state index contributed by atoms with van der Waals surface area (Å²) in [6.07, 6.45) is 1.71.